The first kappa shape index (κ1) is 23.6. The summed E-state index contributed by atoms with van der Waals surface area (Å²) in [6, 6.07) is 18.7. The molecule has 178 valence electrons. The van der Waals surface area contributed by atoms with Crippen LogP contribution in [0.25, 0.3) is 0 Å². The van der Waals surface area contributed by atoms with E-state index in [0.29, 0.717) is 29.5 Å². The fraction of sp³-hybridized carbons (Fsp3) is 0.269. The Labute approximate surface area is 200 Å². The Hall–Kier alpha value is -3.52. The molecular formula is C26H28N2O5S. The molecule has 0 spiro atoms. The van der Waals surface area contributed by atoms with Crippen LogP contribution in [0.4, 0.5) is 11.4 Å². The third-order valence-corrected chi connectivity index (χ3v) is 7.30. The van der Waals surface area contributed by atoms with E-state index in [-0.39, 0.29) is 11.0 Å². The van der Waals surface area contributed by atoms with Crippen LogP contribution in [0.15, 0.2) is 71.6 Å². The first-order valence-electron chi connectivity index (χ1n) is 11.2. The minimum absolute atomic E-state index is 0.0450. The van der Waals surface area contributed by atoms with E-state index in [4.69, 9.17) is 9.47 Å². The Kier molecular flexibility index (Phi) is 6.79. The van der Waals surface area contributed by atoms with Crippen molar-refractivity contribution >= 4 is 27.3 Å². The predicted octanol–water partition coefficient (Wildman–Crippen LogP) is 4.55. The van der Waals surface area contributed by atoms with Crippen LogP contribution in [0.3, 0.4) is 0 Å². The van der Waals surface area contributed by atoms with E-state index in [1.807, 2.05) is 26.8 Å². The van der Waals surface area contributed by atoms with Crippen molar-refractivity contribution in [3.63, 3.8) is 0 Å². The number of nitrogens with zero attached hydrogens (tertiary/aromatic N) is 1. The highest BCUT2D eigenvalue weighted by Crippen LogP contribution is 2.38. The van der Waals surface area contributed by atoms with Gasteiger partial charge in [-0.05, 0) is 51.1 Å². The number of benzene rings is 3. The Balaban J connectivity index is 1.64. The van der Waals surface area contributed by atoms with E-state index in [9.17, 15) is 13.2 Å². The number of ether oxygens (including phenoxy) is 2. The van der Waals surface area contributed by atoms with Crippen molar-refractivity contribution in [3.8, 4) is 11.5 Å². The standard InChI is InChI=1S/C26H28N2O5S/c1-4-32-25-15-20-14-19(3)33-24(20)16-23(25)27-26(29)17-28(21-8-6-5-7-9-21)34(30,31)22-12-10-18(2)11-13-22/h5-13,15-16,19H,4,14,17H2,1-3H3,(H,27,29)/t19-/m0/s1. The summed E-state index contributed by atoms with van der Waals surface area (Å²) in [4.78, 5) is 13.3. The van der Waals surface area contributed by atoms with Crippen molar-refractivity contribution in [3.05, 3.63) is 77.9 Å². The van der Waals surface area contributed by atoms with Crippen molar-refractivity contribution in [1.29, 1.82) is 0 Å². The number of rotatable bonds is 8. The average molecular weight is 481 g/mol. The molecule has 4 rings (SSSR count). The van der Waals surface area contributed by atoms with Gasteiger partial charge in [0.25, 0.3) is 10.0 Å². The Bertz CT molecular complexity index is 1270. The van der Waals surface area contributed by atoms with Gasteiger partial charge in [-0.2, -0.15) is 0 Å². The summed E-state index contributed by atoms with van der Waals surface area (Å²) in [6.45, 7) is 5.75. The Morgan fingerprint density at radius 2 is 1.82 bits per heavy atom. The number of hydrogen-bond acceptors (Lipinski definition) is 5. The van der Waals surface area contributed by atoms with Crippen LogP contribution in [-0.4, -0.2) is 33.6 Å². The molecular weight excluding hydrogens is 452 g/mol. The zero-order valence-corrected chi connectivity index (χ0v) is 20.3. The molecule has 1 aliphatic rings. The summed E-state index contributed by atoms with van der Waals surface area (Å²) < 4.78 is 39.6. The maximum Gasteiger partial charge on any atom is 0.264 e. The minimum Gasteiger partial charge on any atom is -0.492 e. The quantitative estimate of drug-likeness (QED) is 0.511. The fourth-order valence-corrected chi connectivity index (χ4v) is 5.30. The molecule has 0 bridgehead atoms. The van der Waals surface area contributed by atoms with E-state index in [1.165, 1.54) is 0 Å². The van der Waals surface area contributed by atoms with Crippen LogP contribution in [0.1, 0.15) is 25.0 Å². The summed E-state index contributed by atoms with van der Waals surface area (Å²) in [6.07, 6.45) is 0.809. The first-order chi connectivity index (χ1) is 16.3. The molecule has 0 radical (unpaired) electrons. The van der Waals surface area contributed by atoms with E-state index >= 15 is 0 Å². The lowest BCUT2D eigenvalue weighted by atomic mass is 10.1. The lowest BCUT2D eigenvalue weighted by Crippen LogP contribution is -2.38. The van der Waals surface area contributed by atoms with Crippen molar-refractivity contribution in [2.45, 2.75) is 38.2 Å². The largest absolute Gasteiger partial charge is 0.492 e. The smallest absolute Gasteiger partial charge is 0.264 e. The third-order valence-electron chi connectivity index (χ3n) is 5.51. The topological polar surface area (TPSA) is 84.9 Å². The number of aryl methyl sites for hydroxylation is 1. The summed E-state index contributed by atoms with van der Waals surface area (Å²) in [5, 5.41) is 2.82. The number of carbonyl (C=O) groups excluding carboxylic acids is 1. The molecule has 1 N–H and O–H groups in total. The van der Waals surface area contributed by atoms with Gasteiger partial charge in [0.2, 0.25) is 5.91 Å². The molecule has 7 nitrogen and oxygen atoms in total. The zero-order chi connectivity index (χ0) is 24.3. The average Bonchev–Trinajstić information content (AvgIpc) is 3.17. The van der Waals surface area contributed by atoms with Crippen molar-refractivity contribution in [1.82, 2.24) is 0 Å². The van der Waals surface area contributed by atoms with E-state index in [2.05, 4.69) is 5.32 Å². The molecule has 34 heavy (non-hydrogen) atoms. The van der Waals surface area contributed by atoms with Crippen LogP contribution >= 0.6 is 0 Å². The van der Waals surface area contributed by atoms with Gasteiger partial charge in [0.1, 0.15) is 24.1 Å². The van der Waals surface area contributed by atoms with Crippen LogP contribution in [0.5, 0.6) is 11.5 Å². The second-order valence-corrected chi connectivity index (χ2v) is 10.1. The van der Waals surface area contributed by atoms with Crippen molar-refractivity contribution < 1.29 is 22.7 Å². The van der Waals surface area contributed by atoms with E-state index in [0.717, 1.165) is 21.9 Å². The molecule has 3 aromatic carbocycles. The van der Waals surface area contributed by atoms with Crippen LogP contribution in [0.2, 0.25) is 0 Å². The molecule has 0 aliphatic carbocycles. The van der Waals surface area contributed by atoms with Gasteiger partial charge < -0.3 is 14.8 Å². The van der Waals surface area contributed by atoms with Crippen LogP contribution in [0, 0.1) is 6.92 Å². The number of amides is 1. The van der Waals surface area contributed by atoms with Gasteiger partial charge in [-0.3, -0.25) is 9.10 Å². The molecule has 1 aliphatic heterocycles. The van der Waals surface area contributed by atoms with Crippen LogP contribution < -0.4 is 19.1 Å². The number of nitrogens with one attached hydrogen (secondary N) is 1. The molecule has 0 aromatic heterocycles. The van der Waals surface area contributed by atoms with Gasteiger partial charge in [0, 0.05) is 18.1 Å². The van der Waals surface area contributed by atoms with Gasteiger partial charge in [0.05, 0.1) is 22.9 Å². The Morgan fingerprint density at radius 1 is 1.12 bits per heavy atom. The zero-order valence-electron chi connectivity index (χ0n) is 19.4. The highest BCUT2D eigenvalue weighted by molar-refractivity contribution is 7.92. The van der Waals surface area contributed by atoms with Gasteiger partial charge in [-0.25, -0.2) is 8.42 Å². The maximum atomic E-state index is 13.5. The SMILES string of the molecule is CCOc1cc2c(cc1NC(=O)CN(c1ccccc1)S(=O)(=O)c1ccc(C)cc1)O[C@@H](C)C2. The molecule has 0 saturated heterocycles. The lowest BCUT2D eigenvalue weighted by molar-refractivity contribution is -0.114. The van der Waals surface area contributed by atoms with Crippen molar-refractivity contribution in [2.24, 2.45) is 0 Å². The summed E-state index contributed by atoms with van der Waals surface area (Å²) in [7, 11) is -3.98. The van der Waals surface area contributed by atoms with Crippen molar-refractivity contribution in [2.75, 3.05) is 22.8 Å². The second kappa shape index (κ2) is 9.77. The Morgan fingerprint density at radius 3 is 2.50 bits per heavy atom. The lowest BCUT2D eigenvalue weighted by Gasteiger charge is -2.24. The van der Waals surface area contributed by atoms with Gasteiger partial charge in [0.15, 0.2) is 0 Å². The number of fused-ring (bicyclic) bond motifs is 1. The molecule has 1 amide bonds. The van der Waals surface area contributed by atoms with E-state index < -0.39 is 22.5 Å². The summed E-state index contributed by atoms with van der Waals surface area (Å²) in [5.74, 6) is 0.727. The highest BCUT2D eigenvalue weighted by Gasteiger charge is 2.28. The predicted molar refractivity (Wildman–Crippen MR) is 132 cm³/mol. The molecule has 0 saturated carbocycles. The third kappa shape index (κ3) is 5.02. The number of carbonyl (C=O) groups is 1. The monoisotopic (exact) mass is 480 g/mol. The molecule has 0 unspecified atom stereocenters. The highest BCUT2D eigenvalue weighted by atomic mass is 32.2. The van der Waals surface area contributed by atoms with Gasteiger partial charge in [-0.1, -0.05) is 35.9 Å². The van der Waals surface area contributed by atoms with Gasteiger partial charge >= 0.3 is 0 Å². The number of para-hydroxylation sites is 1. The molecule has 1 atom stereocenters. The number of sulfonamides is 1. The molecule has 0 fully saturated rings. The molecule has 1 heterocycles. The van der Waals surface area contributed by atoms with E-state index in [1.54, 1.807) is 60.7 Å². The van der Waals surface area contributed by atoms with Gasteiger partial charge in [-0.15, -0.1) is 0 Å². The normalized spacial score (nSPS) is 14.7. The summed E-state index contributed by atoms with van der Waals surface area (Å²) >= 11 is 0. The number of anilines is 2. The molecule has 3 aromatic rings. The second-order valence-electron chi connectivity index (χ2n) is 8.23. The molecule has 8 heteroatoms. The van der Waals surface area contributed by atoms with Crippen LogP contribution in [-0.2, 0) is 21.2 Å². The fourth-order valence-electron chi connectivity index (χ4n) is 3.88. The first-order valence-corrected chi connectivity index (χ1v) is 12.6. The summed E-state index contributed by atoms with van der Waals surface area (Å²) in [5.41, 5.74) is 2.80. The number of hydrogen-bond donors (Lipinski definition) is 1. The maximum absolute atomic E-state index is 13.5. The minimum atomic E-state index is -3.98.